The van der Waals surface area contributed by atoms with Gasteiger partial charge in [-0.25, -0.2) is 5.43 Å². The molecular formula is C16H22N3O5+. The Morgan fingerprint density at radius 3 is 2.75 bits per heavy atom. The van der Waals surface area contributed by atoms with Crippen LogP contribution in [0, 0.1) is 0 Å². The zero-order valence-electron chi connectivity index (χ0n) is 13.8. The van der Waals surface area contributed by atoms with E-state index in [9.17, 15) is 9.59 Å². The lowest BCUT2D eigenvalue weighted by Crippen LogP contribution is -3.15. The topological polar surface area (TPSA) is 90.7 Å². The predicted molar refractivity (Wildman–Crippen MR) is 86.4 cm³/mol. The summed E-state index contributed by atoms with van der Waals surface area (Å²) in [6.07, 6.45) is 1.51. The van der Waals surface area contributed by atoms with E-state index < -0.39 is 5.97 Å². The van der Waals surface area contributed by atoms with Crippen molar-refractivity contribution in [1.29, 1.82) is 0 Å². The molecule has 130 valence electrons. The molecule has 0 spiro atoms. The van der Waals surface area contributed by atoms with Crippen molar-refractivity contribution in [3.8, 4) is 11.5 Å². The van der Waals surface area contributed by atoms with Crippen molar-refractivity contribution in [3.05, 3.63) is 23.8 Å². The third kappa shape index (κ3) is 5.64. The zero-order chi connectivity index (χ0) is 17.4. The van der Waals surface area contributed by atoms with Gasteiger partial charge < -0.3 is 19.1 Å². The van der Waals surface area contributed by atoms with E-state index >= 15 is 0 Å². The average Bonchev–Trinajstić information content (AvgIpc) is 2.56. The second kappa shape index (κ2) is 8.99. The lowest BCUT2D eigenvalue weighted by molar-refractivity contribution is -0.900. The summed E-state index contributed by atoms with van der Waals surface area (Å²) in [6, 6.07) is 4.99. The number of ether oxygens (including phenoxy) is 3. The van der Waals surface area contributed by atoms with Crippen LogP contribution < -0.4 is 19.8 Å². The van der Waals surface area contributed by atoms with Gasteiger partial charge in [0.25, 0.3) is 5.91 Å². The highest BCUT2D eigenvalue weighted by atomic mass is 16.6. The van der Waals surface area contributed by atoms with Crippen molar-refractivity contribution in [2.75, 3.05) is 40.0 Å². The summed E-state index contributed by atoms with van der Waals surface area (Å²) in [4.78, 5) is 24.0. The number of esters is 1. The number of carbonyl (C=O) groups is 2. The average molecular weight is 336 g/mol. The number of hydrogen-bond acceptors (Lipinski definition) is 6. The quantitative estimate of drug-likeness (QED) is 0.301. The van der Waals surface area contributed by atoms with E-state index in [1.807, 2.05) is 0 Å². The third-order valence-corrected chi connectivity index (χ3v) is 3.45. The Bertz CT molecular complexity index is 612. The number of amides is 1. The van der Waals surface area contributed by atoms with Crippen molar-refractivity contribution in [2.45, 2.75) is 6.92 Å². The first-order valence-electron chi connectivity index (χ1n) is 7.68. The molecule has 1 heterocycles. The molecule has 1 aliphatic heterocycles. The summed E-state index contributed by atoms with van der Waals surface area (Å²) < 4.78 is 15.5. The minimum atomic E-state index is -0.424. The van der Waals surface area contributed by atoms with E-state index in [1.54, 1.807) is 18.2 Å². The molecule has 0 saturated carbocycles. The molecule has 0 aromatic heterocycles. The van der Waals surface area contributed by atoms with Crippen molar-refractivity contribution < 1.29 is 28.7 Å². The molecule has 1 aromatic carbocycles. The highest BCUT2D eigenvalue weighted by Gasteiger charge is 2.17. The van der Waals surface area contributed by atoms with Gasteiger partial charge in [0, 0.05) is 6.92 Å². The normalized spacial score (nSPS) is 15.2. The number of morpholine rings is 1. The molecular weight excluding hydrogens is 314 g/mol. The summed E-state index contributed by atoms with van der Waals surface area (Å²) in [7, 11) is 1.48. The molecule has 8 heteroatoms. The standard InChI is InChI=1S/C16H21N3O5/c1-12(20)24-14-4-3-13(9-15(14)22-2)10-17-18-16(21)11-19-5-7-23-8-6-19/h3-4,9-10H,5-8,11H2,1-2H3,(H,18,21)/p+1/b17-10-. The van der Waals surface area contributed by atoms with Gasteiger partial charge >= 0.3 is 5.97 Å². The number of hydrazone groups is 1. The van der Waals surface area contributed by atoms with Crippen LogP contribution in [0.4, 0.5) is 0 Å². The maximum atomic E-state index is 11.8. The van der Waals surface area contributed by atoms with Crippen molar-refractivity contribution in [3.63, 3.8) is 0 Å². The van der Waals surface area contributed by atoms with Crippen molar-refractivity contribution >= 4 is 18.1 Å². The van der Waals surface area contributed by atoms with Gasteiger partial charge in [-0.05, 0) is 23.8 Å². The molecule has 0 bridgehead atoms. The molecule has 1 amide bonds. The lowest BCUT2D eigenvalue weighted by atomic mass is 10.2. The van der Waals surface area contributed by atoms with E-state index in [0.717, 1.165) is 13.1 Å². The third-order valence-electron chi connectivity index (χ3n) is 3.45. The van der Waals surface area contributed by atoms with Crippen LogP contribution in [0.25, 0.3) is 0 Å². The Morgan fingerprint density at radius 2 is 2.08 bits per heavy atom. The smallest absolute Gasteiger partial charge is 0.308 e. The van der Waals surface area contributed by atoms with Gasteiger partial charge in [-0.2, -0.15) is 5.10 Å². The van der Waals surface area contributed by atoms with E-state index in [1.165, 1.54) is 25.1 Å². The van der Waals surface area contributed by atoms with Gasteiger partial charge in [-0.15, -0.1) is 0 Å². The Labute approximate surface area is 140 Å². The molecule has 0 radical (unpaired) electrons. The summed E-state index contributed by atoms with van der Waals surface area (Å²) >= 11 is 0. The van der Waals surface area contributed by atoms with Crippen LogP contribution in [-0.2, 0) is 14.3 Å². The second-order valence-electron chi connectivity index (χ2n) is 5.34. The summed E-state index contributed by atoms with van der Waals surface area (Å²) in [5.41, 5.74) is 3.22. The largest absolute Gasteiger partial charge is 0.493 e. The molecule has 8 nitrogen and oxygen atoms in total. The summed E-state index contributed by atoms with van der Waals surface area (Å²) in [6.45, 7) is 4.70. The summed E-state index contributed by atoms with van der Waals surface area (Å²) in [5, 5.41) is 3.94. The molecule has 24 heavy (non-hydrogen) atoms. The van der Waals surface area contributed by atoms with Crippen LogP contribution in [0.1, 0.15) is 12.5 Å². The number of benzene rings is 1. The lowest BCUT2D eigenvalue weighted by Gasteiger charge is -2.22. The molecule has 1 fully saturated rings. The minimum absolute atomic E-state index is 0.147. The Kier molecular flexibility index (Phi) is 6.71. The molecule has 2 rings (SSSR count). The Hall–Kier alpha value is -2.45. The van der Waals surface area contributed by atoms with Crippen LogP contribution in [0.3, 0.4) is 0 Å². The second-order valence-corrected chi connectivity index (χ2v) is 5.34. The highest BCUT2D eigenvalue weighted by molar-refractivity contribution is 5.83. The SMILES string of the molecule is COc1cc(/C=N\NC(=O)C[NH+]2CCOCC2)ccc1OC(C)=O. The molecule has 0 unspecified atom stereocenters. The number of nitrogens with one attached hydrogen (secondary N) is 2. The van der Waals surface area contributed by atoms with Crippen molar-refractivity contribution in [2.24, 2.45) is 5.10 Å². The van der Waals surface area contributed by atoms with Gasteiger partial charge in [0.1, 0.15) is 13.1 Å². The molecule has 2 N–H and O–H groups in total. The fraction of sp³-hybridized carbons (Fsp3) is 0.438. The van der Waals surface area contributed by atoms with Crippen LogP contribution in [-0.4, -0.2) is 58.0 Å². The van der Waals surface area contributed by atoms with Gasteiger partial charge in [-0.3, -0.25) is 9.59 Å². The van der Waals surface area contributed by atoms with Crippen LogP contribution in [0.2, 0.25) is 0 Å². The maximum absolute atomic E-state index is 11.8. The molecule has 0 aliphatic carbocycles. The highest BCUT2D eigenvalue weighted by Crippen LogP contribution is 2.27. The number of quaternary nitrogens is 1. The Morgan fingerprint density at radius 1 is 1.33 bits per heavy atom. The fourth-order valence-corrected chi connectivity index (χ4v) is 2.29. The molecule has 0 atom stereocenters. The van der Waals surface area contributed by atoms with Gasteiger partial charge in [0.15, 0.2) is 18.0 Å². The number of rotatable bonds is 6. The maximum Gasteiger partial charge on any atom is 0.308 e. The predicted octanol–water partition coefficient (Wildman–Crippen LogP) is -1.01. The van der Waals surface area contributed by atoms with E-state index in [-0.39, 0.29) is 5.91 Å². The minimum Gasteiger partial charge on any atom is -0.493 e. The zero-order valence-corrected chi connectivity index (χ0v) is 13.8. The van der Waals surface area contributed by atoms with Crippen molar-refractivity contribution in [1.82, 2.24) is 5.43 Å². The first-order chi connectivity index (χ1) is 11.6. The van der Waals surface area contributed by atoms with Gasteiger partial charge in [-0.1, -0.05) is 0 Å². The van der Waals surface area contributed by atoms with Gasteiger partial charge in [0.2, 0.25) is 0 Å². The number of hydrogen-bond donors (Lipinski definition) is 2. The van der Waals surface area contributed by atoms with E-state index in [0.29, 0.717) is 36.8 Å². The number of carbonyl (C=O) groups excluding carboxylic acids is 2. The molecule has 1 saturated heterocycles. The first-order valence-corrected chi connectivity index (χ1v) is 7.68. The van der Waals surface area contributed by atoms with Crippen LogP contribution >= 0.6 is 0 Å². The van der Waals surface area contributed by atoms with Gasteiger partial charge in [0.05, 0.1) is 26.5 Å². The summed E-state index contributed by atoms with van der Waals surface area (Å²) in [5.74, 6) is 0.180. The fourth-order valence-electron chi connectivity index (χ4n) is 2.29. The van der Waals surface area contributed by atoms with E-state index in [2.05, 4.69) is 10.5 Å². The first kappa shape index (κ1) is 17.9. The molecule has 1 aromatic rings. The van der Waals surface area contributed by atoms with Crippen LogP contribution in [0.5, 0.6) is 11.5 Å². The Balaban J connectivity index is 1.88. The molecule has 1 aliphatic rings. The van der Waals surface area contributed by atoms with Crippen LogP contribution in [0.15, 0.2) is 23.3 Å². The number of methoxy groups -OCH3 is 1. The number of nitrogens with zero attached hydrogens (tertiary/aromatic N) is 1. The monoisotopic (exact) mass is 336 g/mol. The van der Waals surface area contributed by atoms with E-state index in [4.69, 9.17) is 14.2 Å².